The lowest BCUT2D eigenvalue weighted by Gasteiger charge is -2.56. The van der Waals surface area contributed by atoms with Gasteiger partial charge in [0.25, 0.3) is 0 Å². The van der Waals surface area contributed by atoms with Crippen molar-refractivity contribution >= 4 is 17.7 Å². The number of benzene rings is 2. The highest BCUT2D eigenvalue weighted by atomic mass is 19.4. The summed E-state index contributed by atoms with van der Waals surface area (Å²) in [6.07, 6.45) is -3.67. The zero-order valence-corrected chi connectivity index (χ0v) is 51.8. The summed E-state index contributed by atoms with van der Waals surface area (Å²) in [6, 6.07) is 15.9. The molecule has 10 atom stereocenters. The minimum Gasteiger partial charge on any atom is -0.444 e. The Labute approximate surface area is 515 Å². The number of alkyl halides is 10. The second-order valence-corrected chi connectivity index (χ2v) is 28.9. The number of allylic oxidation sites excluding steroid dienone is 8. The van der Waals surface area contributed by atoms with Gasteiger partial charge in [-0.1, -0.05) is 73.5 Å². The van der Waals surface area contributed by atoms with Gasteiger partial charge in [0, 0.05) is 87.9 Å². The van der Waals surface area contributed by atoms with Crippen LogP contribution in [0.4, 0.5) is 48.7 Å². The lowest BCUT2D eigenvalue weighted by molar-refractivity contribution is -0.362. The van der Waals surface area contributed by atoms with Crippen molar-refractivity contribution in [3.63, 3.8) is 0 Å². The zero-order valence-electron chi connectivity index (χ0n) is 51.8. The van der Waals surface area contributed by atoms with E-state index in [1.54, 1.807) is 17.1 Å². The van der Waals surface area contributed by atoms with E-state index in [0.29, 0.717) is 77.5 Å². The van der Waals surface area contributed by atoms with Gasteiger partial charge in [-0.05, 0) is 204 Å². The van der Waals surface area contributed by atoms with E-state index in [1.807, 2.05) is 69.3 Å². The number of hydrogen-bond donors (Lipinski definition) is 3. The second-order valence-electron chi connectivity index (χ2n) is 28.9. The molecule has 2 heterocycles. The molecule has 20 heteroatoms. The van der Waals surface area contributed by atoms with Crippen LogP contribution in [0.3, 0.4) is 0 Å². The molecule has 4 saturated carbocycles. The Morgan fingerprint density at radius 1 is 0.562 bits per heavy atom. The van der Waals surface area contributed by atoms with Gasteiger partial charge in [-0.3, -0.25) is 19.4 Å². The smallest absolute Gasteiger partial charge is 0.444 e. The lowest BCUT2D eigenvalue weighted by Crippen LogP contribution is -2.65. The summed E-state index contributed by atoms with van der Waals surface area (Å²) in [7, 11) is 0. The molecular weight excluding hydrogens is 1170 g/mol. The number of ketones is 2. The van der Waals surface area contributed by atoms with Crippen LogP contribution in [0.15, 0.2) is 94.1 Å². The fourth-order valence-corrected chi connectivity index (χ4v) is 18.4. The fourth-order valence-electron chi connectivity index (χ4n) is 18.4. The molecule has 0 aromatic heterocycles. The Balaban J connectivity index is 0.000000186. The third kappa shape index (κ3) is 11.7. The second kappa shape index (κ2) is 23.9. The molecule has 2 aliphatic heterocycles. The molecule has 89 heavy (non-hydrogen) atoms. The molecule has 10 nitrogen and oxygen atoms in total. The van der Waals surface area contributed by atoms with Crippen LogP contribution < -0.4 is 5.32 Å². The molecule has 10 aliphatic rings. The number of ether oxygens (including phenoxy) is 1. The normalized spacial score (nSPS) is 33.3. The van der Waals surface area contributed by atoms with E-state index in [1.165, 1.54) is 13.8 Å². The summed E-state index contributed by atoms with van der Waals surface area (Å²) in [5.41, 5.74) is -0.202. The molecule has 2 aromatic rings. The Morgan fingerprint density at radius 2 is 1.00 bits per heavy atom. The quantitative estimate of drug-likeness (QED) is 0.222. The van der Waals surface area contributed by atoms with Gasteiger partial charge in [-0.2, -0.15) is 43.9 Å². The number of rotatable bonds is 8. The molecule has 2 saturated heterocycles. The first-order valence-corrected chi connectivity index (χ1v) is 32.3. The van der Waals surface area contributed by atoms with E-state index >= 15 is 17.6 Å². The van der Waals surface area contributed by atoms with Crippen molar-refractivity contribution in [1.29, 1.82) is 0 Å². The number of nitrogens with zero attached hydrogens (tertiary/aromatic N) is 3. The van der Waals surface area contributed by atoms with E-state index in [0.717, 1.165) is 108 Å². The van der Waals surface area contributed by atoms with Crippen LogP contribution >= 0.6 is 0 Å². The lowest BCUT2D eigenvalue weighted by atomic mass is 9.50. The summed E-state index contributed by atoms with van der Waals surface area (Å²) in [5.74, 6) is -12.7. The van der Waals surface area contributed by atoms with Gasteiger partial charge < -0.3 is 25.2 Å². The first-order chi connectivity index (χ1) is 41.7. The summed E-state index contributed by atoms with van der Waals surface area (Å²) >= 11 is 0. The summed E-state index contributed by atoms with van der Waals surface area (Å²) in [5, 5.41) is 26.3. The number of fused-ring (bicyclic) bond motifs is 8. The topological polar surface area (TPSA) is 123 Å². The predicted octanol–water partition coefficient (Wildman–Crippen LogP) is 14.3. The summed E-state index contributed by atoms with van der Waals surface area (Å²) in [4.78, 5) is 43.6. The van der Waals surface area contributed by atoms with Crippen molar-refractivity contribution in [3.05, 3.63) is 116 Å². The highest BCUT2D eigenvalue weighted by Crippen LogP contribution is 2.73. The van der Waals surface area contributed by atoms with Gasteiger partial charge in [-0.25, -0.2) is 4.79 Å². The summed E-state index contributed by atoms with van der Waals surface area (Å²) in [6.45, 7) is 16.3. The van der Waals surface area contributed by atoms with Gasteiger partial charge in [0.15, 0.2) is 11.6 Å². The van der Waals surface area contributed by atoms with Crippen molar-refractivity contribution < 1.29 is 73.2 Å². The first-order valence-electron chi connectivity index (χ1n) is 32.3. The number of hydrogen-bond acceptors (Lipinski definition) is 9. The van der Waals surface area contributed by atoms with E-state index in [-0.39, 0.29) is 55.2 Å². The maximum atomic E-state index is 15.3. The predicted molar refractivity (Wildman–Crippen MR) is 316 cm³/mol. The maximum Gasteiger partial charge on any atom is 0.456 e. The minimum atomic E-state index is -5.88. The fraction of sp³-hybridized carbons (Fsp3) is 0.667. The van der Waals surface area contributed by atoms with Crippen molar-refractivity contribution in [2.75, 3.05) is 52.4 Å². The van der Waals surface area contributed by atoms with E-state index in [2.05, 4.69) is 15.1 Å². The van der Waals surface area contributed by atoms with Crippen LogP contribution in [0.1, 0.15) is 171 Å². The van der Waals surface area contributed by atoms with Crippen molar-refractivity contribution in [2.45, 2.75) is 203 Å². The van der Waals surface area contributed by atoms with Gasteiger partial charge in [-0.15, -0.1) is 0 Å². The van der Waals surface area contributed by atoms with Crippen molar-refractivity contribution in [1.82, 2.24) is 20.0 Å². The molecule has 2 aromatic carbocycles. The SMILES string of the molecule is CC(C)(C)OC(=O)N1CCCN(Cc2ccc([C@H]3C[C@@]4(C)C(CC[C@@]4(O)C(F)(F)C(F)(F)F)C4CCC5=CC(=O)CCC5=C43)cc2)CC1.C[C@]12C[C@H](c3ccc(CN4CCCNCC4)cc3)C3=C4CCC(=O)C=C4CCC3C1CC[C@@]2(O)C(F)(F)C(F)(F)F. The Kier molecular flexibility index (Phi) is 17.6. The largest absolute Gasteiger partial charge is 0.456 e. The highest BCUT2D eigenvalue weighted by molar-refractivity contribution is 5.93. The molecule has 0 spiro atoms. The van der Waals surface area contributed by atoms with E-state index in [9.17, 15) is 50.9 Å². The van der Waals surface area contributed by atoms with Gasteiger partial charge in [0.05, 0.1) is 0 Å². The molecule has 6 fully saturated rings. The van der Waals surface area contributed by atoms with Crippen LogP contribution in [0, 0.1) is 34.5 Å². The molecule has 8 aliphatic carbocycles. The number of aliphatic hydroxyl groups is 2. The molecule has 3 N–H and O–H groups in total. The van der Waals surface area contributed by atoms with Gasteiger partial charge in [0.1, 0.15) is 16.8 Å². The number of amides is 1. The number of halogens is 10. The van der Waals surface area contributed by atoms with Crippen LogP contribution in [-0.2, 0) is 27.4 Å². The molecule has 4 unspecified atom stereocenters. The molecule has 12 rings (SSSR count). The van der Waals surface area contributed by atoms with Gasteiger partial charge in [0.2, 0.25) is 0 Å². The zero-order chi connectivity index (χ0) is 64.1. The molecular formula is C69H86F10N4O6. The maximum absolute atomic E-state index is 15.3. The van der Waals surface area contributed by atoms with Crippen LogP contribution in [0.2, 0.25) is 0 Å². The van der Waals surface area contributed by atoms with Gasteiger partial charge >= 0.3 is 30.3 Å². The standard InChI is InChI=1S/C37H47F5N2O4.C32H39F5N2O2/c1-33(2,3)48-32(46)44-17-5-16-43(18-19-44)22-23-6-8-24(9-7-23)29-21-34(4)30(14-15-35(34,47)36(38,39)37(40,41)42)28-12-10-25-20-26(45)11-13-27(25)31(28)29;1-29-18-26(21-5-3-20(4-6-21)19-39-15-2-13-38-14-16-39)28-24-10-8-23(40)17-22(24)7-9-25(28)27(29)11-12-30(29,41)31(33,34)32(35,36)37/h6-9,20,28-30,47H,5,10-19,21-22H2,1-4H3;3-6,17,25-27,38,41H,2,7-16,18-19H2,1H3/t28?,29-,30?,34+,35+;25?,26-,27?,29+,30+/m11/s1. The average Bonchev–Trinajstić information content (AvgIpc) is 1.62. The van der Waals surface area contributed by atoms with Crippen LogP contribution in [-0.4, -0.2) is 136 Å². The minimum absolute atomic E-state index is 0.00748. The molecule has 488 valence electrons. The Morgan fingerprint density at radius 3 is 1.44 bits per heavy atom. The molecule has 1 amide bonds. The van der Waals surface area contributed by atoms with E-state index < -0.39 is 88.3 Å². The third-order valence-corrected chi connectivity index (χ3v) is 22.8. The van der Waals surface area contributed by atoms with Crippen molar-refractivity contribution in [3.8, 4) is 0 Å². The Hall–Kier alpha value is -4.89. The highest BCUT2D eigenvalue weighted by Gasteiger charge is 2.80. The molecule has 0 radical (unpaired) electrons. The van der Waals surface area contributed by atoms with Crippen molar-refractivity contribution in [2.24, 2.45) is 34.5 Å². The monoisotopic (exact) mass is 1260 g/mol. The van der Waals surface area contributed by atoms with Crippen LogP contribution in [0.25, 0.3) is 0 Å². The Bertz CT molecular complexity index is 3160. The number of carbonyl (C=O) groups is 3. The average molecular weight is 1260 g/mol. The first kappa shape index (κ1) is 65.6. The molecule has 0 bridgehead atoms. The third-order valence-electron chi connectivity index (χ3n) is 22.8. The van der Waals surface area contributed by atoms with Crippen LogP contribution in [0.5, 0.6) is 0 Å². The summed E-state index contributed by atoms with van der Waals surface area (Å²) < 4.78 is 149. The number of carbonyl (C=O) groups excluding carboxylic acids is 3. The number of nitrogens with one attached hydrogen (secondary N) is 1. The van der Waals surface area contributed by atoms with E-state index in [4.69, 9.17) is 4.74 Å².